The van der Waals surface area contributed by atoms with E-state index in [-0.39, 0.29) is 5.41 Å². The minimum atomic E-state index is -0.249. The summed E-state index contributed by atoms with van der Waals surface area (Å²) in [7, 11) is 0. The summed E-state index contributed by atoms with van der Waals surface area (Å²) in [5.41, 5.74) is 16.3. The molecule has 3 heterocycles. The lowest BCUT2D eigenvalue weighted by molar-refractivity contribution is 0.578. The Kier molecular flexibility index (Phi) is 9.33. The smallest absolute Gasteiger partial charge is 0.160 e. The fourth-order valence-electron chi connectivity index (χ4n) is 8.94. The van der Waals surface area contributed by atoms with Gasteiger partial charge in [-0.25, -0.2) is 9.97 Å². The van der Waals surface area contributed by atoms with Crippen LogP contribution in [0, 0.1) is 13.8 Å². The van der Waals surface area contributed by atoms with Crippen molar-refractivity contribution in [1.29, 1.82) is 0 Å². The summed E-state index contributed by atoms with van der Waals surface area (Å²) < 4.78 is 2.44. The molecule has 2 aromatic heterocycles. The predicted molar refractivity (Wildman–Crippen MR) is 252 cm³/mol. The topological polar surface area (TPSA) is 34.0 Å². The van der Waals surface area contributed by atoms with Gasteiger partial charge < -0.3 is 9.47 Å². The molecule has 0 N–H and O–H groups in total. The van der Waals surface area contributed by atoms with Gasteiger partial charge in [-0.3, -0.25) is 0 Å². The summed E-state index contributed by atoms with van der Waals surface area (Å²) in [6.07, 6.45) is 19.0. The Hall–Kier alpha value is -7.30. The first kappa shape index (κ1) is 37.0. The van der Waals surface area contributed by atoms with Crippen LogP contribution >= 0.6 is 0 Å². The summed E-state index contributed by atoms with van der Waals surface area (Å²) in [4.78, 5) is 12.9. The van der Waals surface area contributed by atoms with Gasteiger partial charge in [0, 0.05) is 44.4 Å². The zero-order chi connectivity index (χ0) is 40.8. The Morgan fingerprint density at radius 2 is 1.32 bits per heavy atom. The van der Waals surface area contributed by atoms with Crippen LogP contribution in [0.3, 0.4) is 0 Å². The van der Waals surface area contributed by atoms with Gasteiger partial charge in [-0.2, -0.15) is 0 Å². The van der Waals surface area contributed by atoms with E-state index in [0.717, 1.165) is 69.1 Å². The first-order valence-electron chi connectivity index (χ1n) is 20.8. The largest absolute Gasteiger partial charge is 0.311 e. The minimum Gasteiger partial charge on any atom is -0.311 e. The molecule has 1 aliphatic heterocycles. The van der Waals surface area contributed by atoms with E-state index in [2.05, 4.69) is 219 Å². The number of hydrogen-bond donors (Lipinski definition) is 0. The fraction of sp³-hybridized carbons (Fsp3) is 0.107. The number of aryl methyl sites for hydroxylation is 2. The van der Waals surface area contributed by atoms with Gasteiger partial charge in [-0.1, -0.05) is 141 Å². The molecule has 0 fully saturated rings. The molecule has 0 bridgehead atoms. The van der Waals surface area contributed by atoms with Crippen molar-refractivity contribution in [2.45, 2.75) is 39.0 Å². The molecule has 0 spiro atoms. The number of fused-ring (bicyclic) bond motifs is 4. The molecule has 2 aliphatic rings. The van der Waals surface area contributed by atoms with Crippen molar-refractivity contribution in [3.05, 3.63) is 223 Å². The monoisotopic (exact) mass is 774 g/mol. The first-order chi connectivity index (χ1) is 29.3. The predicted octanol–water partition coefficient (Wildman–Crippen LogP) is 14.3. The van der Waals surface area contributed by atoms with E-state index in [4.69, 9.17) is 9.97 Å². The zero-order valence-corrected chi connectivity index (χ0v) is 34.3. The Morgan fingerprint density at radius 1 is 0.600 bits per heavy atom. The van der Waals surface area contributed by atoms with Crippen LogP contribution in [0.25, 0.3) is 61.3 Å². The highest BCUT2D eigenvalue weighted by Crippen LogP contribution is 2.43. The van der Waals surface area contributed by atoms with Crippen LogP contribution in [0.1, 0.15) is 35.7 Å². The van der Waals surface area contributed by atoms with Gasteiger partial charge in [-0.15, -0.1) is 0 Å². The third-order valence-electron chi connectivity index (χ3n) is 12.2. The highest BCUT2D eigenvalue weighted by Gasteiger charge is 2.28. The van der Waals surface area contributed by atoms with Crippen molar-refractivity contribution < 1.29 is 0 Å². The molecule has 8 aromatic rings. The number of hydrogen-bond acceptors (Lipinski definition) is 3. The molecule has 290 valence electrons. The Bertz CT molecular complexity index is 3090. The van der Waals surface area contributed by atoms with E-state index >= 15 is 0 Å². The van der Waals surface area contributed by atoms with E-state index in [9.17, 15) is 0 Å². The summed E-state index contributed by atoms with van der Waals surface area (Å²) >= 11 is 0. The maximum Gasteiger partial charge on any atom is 0.160 e. The van der Waals surface area contributed by atoms with Gasteiger partial charge in [0.15, 0.2) is 5.82 Å². The highest BCUT2D eigenvalue weighted by molar-refractivity contribution is 6.12. The molecule has 10 rings (SSSR count). The van der Waals surface area contributed by atoms with E-state index in [0.29, 0.717) is 5.82 Å². The number of nitrogens with zero attached hydrogens (tertiary/aromatic N) is 4. The fourth-order valence-corrected chi connectivity index (χ4v) is 8.94. The molecule has 1 unspecified atom stereocenters. The van der Waals surface area contributed by atoms with Crippen LogP contribution < -0.4 is 4.90 Å². The van der Waals surface area contributed by atoms with E-state index in [1.807, 2.05) is 6.07 Å². The molecule has 0 radical (unpaired) electrons. The maximum atomic E-state index is 5.34. The lowest BCUT2D eigenvalue weighted by Crippen LogP contribution is -2.22. The molecule has 6 aromatic carbocycles. The number of allylic oxidation sites excluding steroid dienone is 8. The van der Waals surface area contributed by atoms with Crippen molar-refractivity contribution in [3.63, 3.8) is 0 Å². The molecule has 1 atom stereocenters. The normalized spacial score (nSPS) is 17.3. The Labute approximate surface area is 352 Å². The standard InChI is InChI=1S/C56H46N4/c1-38-20-15-16-29-46(38)47-35-49-48-34-42-24-12-5-9-21-40(3)59(44-26-13-7-14-27-44)51(42)37-53(48)60(52(49)32-39(47)2)45-28-19-25-43(33-45)55-57-50(41-22-10-6-11-23-41)36-54(58-55)56(4)30-17-8-18-31-56/h5-23,25-30,32-37H,3,24,31H2,1-2,4H3/b12-5-,21-9-. The van der Waals surface area contributed by atoms with Crippen LogP contribution in [0.5, 0.6) is 0 Å². The van der Waals surface area contributed by atoms with Crippen molar-refractivity contribution in [1.82, 2.24) is 14.5 Å². The van der Waals surface area contributed by atoms with Crippen molar-refractivity contribution >= 4 is 33.2 Å². The van der Waals surface area contributed by atoms with Gasteiger partial charge in [0.1, 0.15) is 0 Å². The number of anilines is 2. The molecule has 60 heavy (non-hydrogen) atoms. The zero-order valence-electron chi connectivity index (χ0n) is 34.3. The van der Waals surface area contributed by atoms with Gasteiger partial charge >= 0.3 is 0 Å². The molecule has 0 amide bonds. The van der Waals surface area contributed by atoms with E-state index in [1.165, 1.54) is 38.6 Å². The lowest BCUT2D eigenvalue weighted by Gasteiger charge is -2.28. The number of para-hydroxylation sites is 1. The van der Waals surface area contributed by atoms with E-state index in [1.54, 1.807) is 0 Å². The van der Waals surface area contributed by atoms with Gasteiger partial charge in [0.2, 0.25) is 0 Å². The Balaban J connectivity index is 1.23. The van der Waals surface area contributed by atoms with Crippen LogP contribution in [-0.2, 0) is 11.8 Å². The second kappa shape index (κ2) is 15.1. The molecule has 0 saturated heterocycles. The summed E-state index contributed by atoms with van der Waals surface area (Å²) in [5, 5.41) is 2.42. The molecular formula is C56H46N4. The molecule has 1 aliphatic carbocycles. The second-order valence-electron chi connectivity index (χ2n) is 16.3. The Morgan fingerprint density at radius 3 is 2.12 bits per heavy atom. The maximum absolute atomic E-state index is 5.34. The second-order valence-corrected chi connectivity index (χ2v) is 16.3. The summed E-state index contributed by atoms with van der Waals surface area (Å²) in [6.45, 7) is 11.3. The average Bonchev–Trinajstić information content (AvgIpc) is 3.61. The summed E-state index contributed by atoms with van der Waals surface area (Å²) in [5.74, 6) is 0.711. The molecule has 4 heteroatoms. The third kappa shape index (κ3) is 6.60. The van der Waals surface area contributed by atoms with E-state index < -0.39 is 0 Å². The summed E-state index contributed by atoms with van der Waals surface area (Å²) in [6, 6.07) is 50.2. The number of aromatic nitrogens is 3. The van der Waals surface area contributed by atoms with Gasteiger partial charge in [-0.05, 0) is 115 Å². The van der Waals surface area contributed by atoms with Gasteiger partial charge in [0.25, 0.3) is 0 Å². The van der Waals surface area contributed by atoms with Crippen molar-refractivity contribution in [2.75, 3.05) is 4.90 Å². The SMILES string of the molecule is C=C1/C=C\C=C/Cc2cc3c4cc(-c5ccccc5C)c(C)cc4n(-c4cccc(-c5nc(-c6ccccc6)cc(C6(C)C=CC=CC6)n5)c4)c3cc2N1c1ccccc1. The van der Waals surface area contributed by atoms with Gasteiger partial charge in [0.05, 0.1) is 28.1 Å². The van der Waals surface area contributed by atoms with Crippen LogP contribution in [0.2, 0.25) is 0 Å². The lowest BCUT2D eigenvalue weighted by atomic mass is 9.80. The average molecular weight is 775 g/mol. The molecule has 4 nitrogen and oxygen atoms in total. The van der Waals surface area contributed by atoms with Crippen LogP contribution in [-0.4, -0.2) is 14.5 Å². The number of benzene rings is 6. The third-order valence-corrected chi connectivity index (χ3v) is 12.2. The van der Waals surface area contributed by atoms with Crippen molar-refractivity contribution in [2.24, 2.45) is 0 Å². The molecule has 0 saturated carbocycles. The number of rotatable bonds is 6. The minimum absolute atomic E-state index is 0.249. The first-order valence-corrected chi connectivity index (χ1v) is 20.8. The molecular weight excluding hydrogens is 729 g/mol. The van der Waals surface area contributed by atoms with Crippen LogP contribution in [0.15, 0.2) is 200 Å². The highest BCUT2D eigenvalue weighted by atomic mass is 15.1. The quantitative estimate of drug-likeness (QED) is 0.169. The van der Waals surface area contributed by atoms with Crippen LogP contribution in [0.4, 0.5) is 11.4 Å². The van der Waals surface area contributed by atoms with Crippen molar-refractivity contribution in [3.8, 4) is 39.5 Å².